The Bertz CT molecular complexity index is 303. The van der Waals surface area contributed by atoms with Crippen molar-refractivity contribution in [3.8, 4) is 0 Å². The van der Waals surface area contributed by atoms with E-state index >= 15 is 0 Å². The fourth-order valence-corrected chi connectivity index (χ4v) is 1.23. The van der Waals surface area contributed by atoms with Crippen LogP contribution in [0.1, 0.15) is 12.8 Å². The summed E-state index contributed by atoms with van der Waals surface area (Å²) in [5, 5.41) is 18.7. The molecule has 2 N–H and O–H groups in total. The molecule has 1 aromatic heterocycles. The normalized spacial score (nSPS) is 10.4. The van der Waals surface area contributed by atoms with Gasteiger partial charge in [-0.15, -0.1) is 5.10 Å². The van der Waals surface area contributed by atoms with Crippen LogP contribution < -0.4 is 5.32 Å². The zero-order valence-electron chi connectivity index (χ0n) is 9.71. The number of hydrogen-bond acceptors (Lipinski definition) is 5. The van der Waals surface area contributed by atoms with Crippen LogP contribution in [0.15, 0.2) is 12.4 Å². The maximum absolute atomic E-state index is 11.4. The first-order chi connectivity index (χ1) is 8.33. The van der Waals surface area contributed by atoms with Crippen molar-refractivity contribution in [1.82, 2.24) is 20.3 Å². The third-order valence-electron chi connectivity index (χ3n) is 2.06. The Kier molecular flexibility index (Phi) is 6.92. The number of hydrogen-bond donors (Lipinski definition) is 2. The number of nitrogens with zero attached hydrogens (tertiary/aromatic N) is 3. The predicted molar refractivity (Wildman–Crippen MR) is 60.2 cm³/mol. The summed E-state index contributed by atoms with van der Waals surface area (Å²) >= 11 is 0. The van der Waals surface area contributed by atoms with Gasteiger partial charge in [0.05, 0.1) is 26.0 Å². The highest BCUT2D eigenvalue weighted by molar-refractivity contribution is 5.75. The van der Waals surface area contributed by atoms with E-state index in [-0.39, 0.29) is 12.5 Å². The first-order valence-electron chi connectivity index (χ1n) is 5.62. The number of ether oxygens (including phenoxy) is 1. The summed E-state index contributed by atoms with van der Waals surface area (Å²) in [4.78, 5) is 11.4. The molecule has 0 saturated heterocycles. The fourth-order valence-electron chi connectivity index (χ4n) is 1.23. The summed E-state index contributed by atoms with van der Waals surface area (Å²) in [5.41, 5.74) is 0. The van der Waals surface area contributed by atoms with E-state index in [2.05, 4.69) is 15.6 Å². The van der Waals surface area contributed by atoms with E-state index in [0.29, 0.717) is 32.7 Å². The zero-order chi connectivity index (χ0) is 12.3. The molecular formula is C10H18N4O3. The average Bonchev–Trinajstić information content (AvgIpc) is 2.84. The maximum Gasteiger partial charge on any atom is 0.221 e. The van der Waals surface area contributed by atoms with E-state index in [4.69, 9.17) is 9.84 Å². The van der Waals surface area contributed by atoms with Crippen LogP contribution in [-0.4, -0.2) is 52.4 Å². The molecule has 7 nitrogen and oxygen atoms in total. The molecule has 17 heavy (non-hydrogen) atoms. The highest BCUT2D eigenvalue weighted by Gasteiger charge is 2.01. The minimum atomic E-state index is -0.0114. The van der Waals surface area contributed by atoms with E-state index in [0.717, 1.165) is 6.42 Å². The number of aliphatic hydroxyl groups is 1. The topological polar surface area (TPSA) is 89.3 Å². The third kappa shape index (κ3) is 6.64. The Morgan fingerprint density at radius 1 is 1.47 bits per heavy atom. The Hall–Kier alpha value is -1.47. The van der Waals surface area contributed by atoms with Gasteiger partial charge in [-0.3, -0.25) is 9.48 Å². The van der Waals surface area contributed by atoms with Gasteiger partial charge >= 0.3 is 0 Å². The molecule has 7 heteroatoms. The fraction of sp³-hybridized carbons (Fsp3) is 0.700. The molecule has 0 aliphatic rings. The van der Waals surface area contributed by atoms with E-state index in [1.54, 1.807) is 17.1 Å². The molecule has 0 atom stereocenters. The van der Waals surface area contributed by atoms with Crippen LogP contribution >= 0.6 is 0 Å². The number of rotatable bonds is 9. The molecular weight excluding hydrogens is 224 g/mol. The van der Waals surface area contributed by atoms with Crippen molar-refractivity contribution in [2.45, 2.75) is 19.4 Å². The molecule has 96 valence electrons. The smallest absolute Gasteiger partial charge is 0.221 e. The van der Waals surface area contributed by atoms with Crippen LogP contribution in [-0.2, 0) is 16.1 Å². The van der Waals surface area contributed by atoms with Crippen LogP contribution in [0.3, 0.4) is 0 Å². The van der Waals surface area contributed by atoms with Gasteiger partial charge in [0.1, 0.15) is 0 Å². The predicted octanol–water partition coefficient (Wildman–Crippen LogP) is -0.817. The lowest BCUT2D eigenvalue weighted by molar-refractivity contribution is -0.121. The first-order valence-corrected chi connectivity index (χ1v) is 5.62. The standard InChI is InChI=1S/C10H18N4O3/c15-7-9-17-8-1-3-11-10(16)2-5-14-6-4-12-13-14/h4,6,15H,1-3,5,7-9H2,(H,11,16). The maximum atomic E-state index is 11.4. The summed E-state index contributed by atoms with van der Waals surface area (Å²) < 4.78 is 6.67. The van der Waals surface area contributed by atoms with Crippen molar-refractivity contribution < 1.29 is 14.6 Å². The highest BCUT2D eigenvalue weighted by atomic mass is 16.5. The molecule has 0 spiro atoms. The van der Waals surface area contributed by atoms with Crippen molar-refractivity contribution in [3.63, 3.8) is 0 Å². The largest absolute Gasteiger partial charge is 0.394 e. The molecule has 1 amide bonds. The van der Waals surface area contributed by atoms with Gasteiger partial charge in [0.2, 0.25) is 5.91 Å². The lowest BCUT2D eigenvalue weighted by atomic mass is 10.3. The van der Waals surface area contributed by atoms with Crippen LogP contribution in [0.2, 0.25) is 0 Å². The molecule has 0 bridgehead atoms. The number of carbonyl (C=O) groups is 1. The molecule has 1 rings (SSSR count). The number of aryl methyl sites for hydroxylation is 1. The Morgan fingerprint density at radius 3 is 3.06 bits per heavy atom. The van der Waals surface area contributed by atoms with Gasteiger partial charge in [-0.1, -0.05) is 5.21 Å². The van der Waals surface area contributed by atoms with Gasteiger partial charge in [-0.2, -0.15) is 0 Å². The van der Waals surface area contributed by atoms with Crippen molar-refractivity contribution in [3.05, 3.63) is 12.4 Å². The monoisotopic (exact) mass is 242 g/mol. The summed E-state index contributed by atoms with van der Waals surface area (Å²) in [7, 11) is 0. The van der Waals surface area contributed by atoms with E-state index in [9.17, 15) is 4.79 Å². The lowest BCUT2D eigenvalue weighted by Gasteiger charge is -2.05. The molecule has 1 aromatic rings. The molecule has 0 fully saturated rings. The quantitative estimate of drug-likeness (QED) is 0.552. The minimum absolute atomic E-state index is 0.0114. The van der Waals surface area contributed by atoms with Crippen molar-refractivity contribution >= 4 is 5.91 Å². The molecule has 0 aromatic carbocycles. The summed E-state index contributed by atoms with van der Waals surface area (Å²) in [5.74, 6) is -0.0114. The summed E-state index contributed by atoms with van der Waals surface area (Å²) in [6.07, 6.45) is 4.43. The molecule has 0 aliphatic carbocycles. The van der Waals surface area contributed by atoms with Crippen LogP contribution in [0.25, 0.3) is 0 Å². The Balaban J connectivity index is 1.94. The summed E-state index contributed by atoms with van der Waals surface area (Å²) in [6.45, 7) is 2.04. The van der Waals surface area contributed by atoms with E-state index in [1.807, 2.05) is 0 Å². The number of aromatic nitrogens is 3. The Morgan fingerprint density at radius 2 is 2.35 bits per heavy atom. The molecule has 0 saturated carbocycles. The second kappa shape index (κ2) is 8.66. The molecule has 0 unspecified atom stereocenters. The van der Waals surface area contributed by atoms with Gasteiger partial charge in [0, 0.05) is 25.8 Å². The van der Waals surface area contributed by atoms with Crippen molar-refractivity contribution in [2.75, 3.05) is 26.4 Å². The van der Waals surface area contributed by atoms with E-state index < -0.39 is 0 Å². The highest BCUT2D eigenvalue weighted by Crippen LogP contribution is 1.88. The Labute approximate surface area is 99.8 Å². The number of aliphatic hydroxyl groups excluding tert-OH is 1. The van der Waals surface area contributed by atoms with Crippen LogP contribution in [0, 0.1) is 0 Å². The van der Waals surface area contributed by atoms with Gasteiger partial charge in [-0.05, 0) is 6.42 Å². The third-order valence-corrected chi connectivity index (χ3v) is 2.06. The molecule has 0 radical (unpaired) electrons. The van der Waals surface area contributed by atoms with Gasteiger partial charge in [-0.25, -0.2) is 0 Å². The van der Waals surface area contributed by atoms with Gasteiger partial charge < -0.3 is 15.2 Å². The number of nitrogens with one attached hydrogen (secondary N) is 1. The zero-order valence-corrected chi connectivity index (χ0v) is 9.71. The average molecular weight is 242 g/mol. The minimum Gasteiger partial charge on any atom is -0.394 e. The van der Waals surface area contributed by atoms with Crippen LogP contribution in [0.4, 0.5) is 0 Å². The summed E-state index contributed by atoms with van der Waals surface area (Å²) in [6, 6.07) is 0. The second-order valence-corrected chi connectivity index (χ2v) is 3.46. The van der Waals surface area contributed by atoms with Gasteiger partial charge in [0.25, 0.3) is 0 Å². The lowest BCUT2D eigenvalue weighted by Crippen LogP contribution is -2.26. The van der Waals surface area contributed by atoms with Crippen LogP contribution in [0.5, 0.6) is 0 Å². The second-order valence-electron chi connectivity index (χ2n) is 3.46. The van der Waals surface area contributed by atoms with E-state index in [1.165, 1.54) is 0 Å². The number of carbonyl (C=O) groups excluding carboxylic acids is 1. The molecule has 1 heterocycles. The molecule has 0 aliphatic heterocycles. The van der Waals surface area contributed by atoms with Gasteiger partial charge in [0.15, 0.2) is 0 Å². The number of amides is 1. The van der Waals surface area contributed by atoms with Crippen molar-refractivity contribution in [2.24, 2.45) is 0 Å². The SMILES string of the molecule is O=C(CCn1ccnn1)NCCCOCCO. The van der Waals surface area contributed by atoms with Crippen molar-refractivity contribution in [1.29, 1.82) is 0 Å². The first kappa shape index (κ1) is 13.6.